The van der Waals surface area contributed by atoms with Gasteiger partial charge in [-0.25, -0.2) is 4.98 Å². The van der Waals surface area contributed by atoms with Gasteiger partial charge in [-0.2, -0.15) is 0 Å². The number of pyridine rings is 1. The maximum atomic E-state index is 12.4. The number of carbonyl (C=O) groups excluding carboxylic acids is 1. The number of carbonyl (C=O) groups is 1. The van der Waals surface area contributed by atoms with Gasteiger partial charge < -0.3 is 19.5 Å². The van der Waals surface area contributed by atoms with Crippen LogP contribution in [0.3, 0.4) is 0 Å². The predicted molar refractivity (Wildman–Crippen MR) is 109 cm³/mol. The van der Waals surface area contributed by atoms with E-state index in [2.05, 4.69) is 22.1 Å². The fourth-order valence-corrected chi connectivity index (χ4v) is 3.31. The van der Waals surface area contributed by atoms with Crippen LogP contribution in [0, 0.1) is 0 Å². The Morgan fingerprint density at radius 2 is 1.96 bits per heavy atom. The van der Waals surface area contributed by atoms with Crippen molar-refractivity contribution >= 4 is 11.7 Å². The van der Waals surface area contributed by atoms with E-state index in [-0.39, 0.29) is 12.0 Å². The Labute approximate surface area is 164 Å². The fourth-order valence-electron chi connectivity index (χ4n) is 3.31. The van der Waals surface area contributed by atoms with Crippen molar-refractivity contribution in [3.63, 3.8) is 0 Å². The number of amides is 1. The SMILES string of the molecule is CC1CN(c2ccc(CNC(=O)c3ccc(-n4cccc4)cc3)cn2)CCO1. The van der Waals surface area contributed by atoms with Crippen molar-refractivity contribution in [1.29, 1.82) is 0 Å². The quantitative estimate of drug-likeness (QED) is 0.744. The molecule has 28 heavy (non-hydrogen) atoms. The molecule has 1 aliphatic rings. The van der Waals surface area contributed by atoms with Crippen LogP contribution < -0.4 is 10.2 Å². The van der Waals surface area contributed by atoms with Gasteiger partial charge in [0.25, 0.3) is 5.91 Å². The molecule has 0 spiro atoms. The molecular weight excluding hydrogens is 352 g/mol. The first kappa shape index (κ1) is 18.3. The van der Waals surface area contributed by atoms with Crippen LogP contribution in [0.5, 0.6) is 0 Å². The van der Waals surface area contributed by atoms with E-state index in [1.54, 1.807) is 0 Å². The van der Waals surface area contributed by atoms with Gasteiger partial charge >= 0.3 is 0 Å². The zero-order valence-corrected chi connectivity index (χ0v) is 15.9. The summed E-state index contributed by atoms with van der Waals surface area (Å²) in [6.45, 7) is 4.95. The summed E-state index contributed by atoms with van der Waals surface area (Å²) < 4.78 is 7.57. The lowest BCUT2D eigenvalue weighted by Crippen LogP contribution is -2.41. The number of nitrogens with zero attached hydrogens (tertiary/aromatic N) is 3. The third-order valence-corrected chi connectivity index (χ3v) is 4.86. The van der Waals surface area contributed by atoms with Crippen LogP contribution in [0.15, 0.2) is 67.1 Å². The molecule has 1 aromatic carbocycles. The van der Waals surface area contributed by atoms with Gasteiger partial charge in [-0.05, 0) is 55.0 Å². The van der Waals surface area contributed by atoms with Crippen LogP contribution >= 0.6 is 0 Å². The molecular formula is C22H24N4O2. The largest absolute Gasteiger partial charge is 0.375 e. The highest BCUT2D eigenvalue weighted by molar-refractivity contribution is 5.94. The Balaban J connectivity index is 1.33. The summed E-state index contributed by atoms with van der Waals surface area (Å²) in [5, 5.41) is 2.96. The second kappa shape index (κ2) is 8.27. The van der Waals surface area contributed by atoms with E-state index < -0.39 is 0 Å². The molecule has 1 saturated heterocycles. The Hall–Kier alpha value is -3.12. The minimum absolute atomic E-state index is 0.0925. The summed E-state index contributed by atoms with van der Waals surface area (Å²) in [7, 11) is 0. The van der Waals surface area contributed by atoms with E-state index in [1.807, 2.05) is 71.7 Å². The third kappa shape index (κ3) is 4.23. The zero-order valence-electron chi connectivity index (χ0n) is 15.9. The molecule has 2 aromatic heterocycles. The molecule has 6 heteroatoms. The molecule has 1 aliphatic heterocycles. The molecule has 1 amide bonds. The molecule has 0 bridgehead atoms. The monoisotopic (exact) mass is 376 g/mol. The van der Waals surface area contributed by atoms with Gasteiger partial charge in [0, 0.05) is 49.5 Å². The van der Waals surface area contributed by atoms with E-state index in [9.17, 15) is 4.79 Å². The van der Waals surface area contributed by atoms with Gasteiger partial charge in [-0.1, -0.05) is 6.07 Å². The number of ether oxygens (including phenoxy) is 1. The van der Waals surface area contributed by atoms with E-state index in [0.717, 1.165) is 36.8 Å². The van der Waals surface area contributed by atoms with Crippen LogP contribution in [0.2, 0.25) is 0 Å². The van der Waals surface area contributed by atoms with Crippen molar-refractivity contribution in [3.05, 3.63) is 78.2 Å². The molecule has 4 rings (SSSR count). The number of rotatable bonds is 5. The van der Waals surface area contributed by atoms with Crippen molar-refractivity contribution in [3.8, 4) is 5.69 Å². The topological polar surface area (TPSA) is 59.4 Å². The highest BCUT2D eigenvalue weighted by atomic mass is 16.5. The molecule has 0 aliphatic carbocycles. The van der Waals surface area contributed by atoms with Gasteiger partial charge in [0.15, 0.2) is 0 Å². The molecule has 1 atom stereocenters. The molecule has 6 nitrogen and oxygen atoms in total. The zero-order chi connectivity index (χ0) is 19.3. The number of morpholine rings is 1. The second-order valence-electron chi connectivity index (χ2n) is 6.97. The average Bonchev–Trinajstić information content (AvgIpc) is 3.27. The summed E-state index contributed by atoms with van der Waals surface area (Å²) in [6, 6.07) is 15.5. The van der Waals surface area contributed by atoms with Crippen molar-refractivity contribution in [1.82, 2.24) is 14.9 Å². The Bertz CT molecular complexity index is 905. The minimum atomic E-state index is -0.0925. The van der Waals surface area contributed by atoms with Crippen molar-refractivity contribution in [2.45, 2.75) is 19.6 Å². The summed E-state index contributed by atoms with van der Waals surface area (Å²) in [4.78, 5) is 19.2. The van der Waals surface area contributed by atoms with Crippen LogP contribution in [0.4, 0.5) is 5.82 Å². The van der Waals surface area contributed by atoms with Gasteiger partial charge in [-0.15, -0.1) is 0 Å². The van der Waals surface area contributed by atoms with Gasteiger partial charge in [-0.3, -0.25) is 4.79 Å². The van der Waals surface area contributed by atoms with E-state index >= 15 is 0 Å². The lowest BCUT2D eigenvalue weighted by atomic mass is 10.2. The standard InChI is InChI=1S/C22H24N4O2/c1-17-16-26(12-13-28-17)21-9-4-18(14-23-21)15-24-22(27)19-5-7-20(8-6-19)25-10-2-3-11-25/h2-11,14,17H,12-13,15-16H2,1H3,(H,24,27). The molecule has 144 valence electrons. The molecule has 1 unspecified atom stereocenters. The number of hydrogen-bond donors (Lipinski definition) is 1. The van der Waals surface area contributed by atoms with Crippen LogP contribution in [0.1, 0.15) is 22.8 Å². The summed E-state index contributed by atoms with van der Waals surface area (Å²) in [5.41, 5.74) is 2.64. The Kier molecular flexibility index (Phi) is 5.39. The average molecular weight is 376 g/mol. The van der Waals surface area contributed by atoms with Crippen molar-refractivity contribution < 1.29 is 9.53 Å². The highest BCUT2D eigenvalue weighted by Gasteiger charge is 2.17. The van der Waals surface area contributed by atoms with Gasteiger partial charge in [0.05, 0.1) is 12.7 Å². The van der Waals surface area contributed by atoms with E-state index in [4.69, 9.17) is 4.74 Å². The van der Waals surface area contributed by atoms with Gasteiger partial charge in [0.2, 0.25) is 0 Å². The molecule has 1 N–H and O–H groups in total. The smallest absolute Gasteiger partial charge is 0.251 e. The van der Waals surface area contributed by atoms with Crippen molar-refractivity contribution in [2.24, 2.45) is 0 Å². The van der Waals surface area contributed by atoms with E-state index in [0.29, 0.717) is 12.1 Å². The predicted octanol–water partition coefficient (Wildman–Crippen LogP) is 3.03. The number of nitrogens with one attached hydrogen (secondary N) is 1. The second-order valence-corrected chi connectivity index (χ2v) is 6.97. The summed E-state index contributed by atoms with van der Waals surface area (Å²) in [5.74, 6) is 0.857. The maximum Gasteiger partial charge on any atom is 0.251 e. The highest BCUT2D eigenvalue weighted by Crippen LogP contribution is 2.15. The number of hydrogen-bond acceptors (Lipinski definition) is 4. The molecule has 3 heterocycles. The molecule has 1 fully saturated rings. The summed E-state index contributed by atoms with van der Waals surface area (Å²) >= 11 is 0. The lowest BCUT2D eigenvalue weighted by Gasteiger charge is -2.32. The molecule has 0 saturated carbocycles. The maximum absolute atomic E-state index is 12.4. The normalized spacial score (nSPS) is 16.8. The van der Waals surface area contributed by atoms with Gasteiger partial charge in [0.1, 0.15) is 5.82 Å². The first-order valence-corrected chi connectivity index (χ1v) is 9.52. The first-order valence-electron chi connectivity index (χ1n) is 9.52. The number of benzene rings is 1. The molecule has 0 radical (unpaired) electrons. The number of aromatic nitrogens is 2. The van der Waals surface area contributed by atoms with Crippen LogP contribution in [-0.4, -0.2) is 41.3 Å². The lowest BCUT2D eigenvalue weighted by molar-refractivity contribution is 0.0529. The first-order chi connectivity index (χ1) is 13.7. The minimum Gasteiger partial charge on any atom is -0.375 e. The summed E-state index contributed by atoms with van der Waals surface area (Å²) in [6.07, 6.45) is 6.00. The Morgan fingerprint density at radius 1 is 1.18 bits per heavy atom. The van der Waals surface area contributed by atoms with Crippen LogP contribution in [0.25, 0.3) is 5.69 Å². The fraction of sp³-hybridized carbons (Fsp3) is 0.273. The number of anilines is 1. The van der Waals surface area contributed by atoms with E-state index in [1.165, 1.54) is 0 Å². The van der Waals surface area contributed by atoms with Crippen molar-refractivity contribution in [2.75, 3.05) is 24.6 Å². The molecule has 3 aromatic rings. The Morgan fingerprint density at radius 3 is 2.64 bits per heavy atom. The van der Waals surface area contributed by atoms with Crippen LogP contribution in [-0.2, 0) is 11.3 Å². The third-order valence-electron chi connectivity index (χ3n) is 4.86.